The molecule has 4 rings (SSSR count). The maximum atomic E-state index is 12.9. The van der Waals surface area contributed by atoms with E-state index < -0.39 is 0 Å². The Morgan fingerprint density at radius 2 is 1.89 bits per heavy atom. The highest BCUT2D eigenvalue weighted by Crippen LogP contribution is 2.34. The lowest BCUT2D eigenvalue weighted by molar-refractivity contribution is -0.112. The van der Waals surface area contributed by atoms with Gasteiger partial charge in [0, 0.05) is 43.6 Å². The molecule has 0 aliphatic carbocycles. The SMILES string of the molecule is CC/C=C\C(=C/NC=O)C(=O)Nc1cnc(C)c(-c2cc(N3CCCCC3)nc(N3CC(C#N)C3)c2)c1. The minimum absolute atomic E-state index is 0.0311. The zero-order valence-corrected chi connectivity index (χ0v) is 21.4. The summed E-state index contributed by atoms with van der Waals surface area (Å²) in [4.78, 5) is 37.6. The number of anilines is 3. The Kier molecular flexibility index (Phi) is 8.52. The molecular formula is C28H33N7O2. The Balaban J connectivity index is 1.66. The van der Waals surface area contributed by atoms with Crippen molar-refractivity contribution >= 4 is 29.6 Å². The van der Waals surface area contributed by atoms with Gasteiger partial charge in [0.1, 0.15) is 11.6 Å². The first-order valence-electron chi connectivity index (χ1n) is 12.8. The van der Waals surface area contributed by atoms with Crippen LogP contribution in [0.5, 0.6) is 0 Å². The minimum atomic E-state index is -0.344. The predicted molar refractivity (Wildman–Crippen MR) is 145 cm³/mol. The number of hydrogen-bond donors (Lipinski definition) is 2. The normalized spacial score (nSPS) is 16.3. The monoisotopic (exact) mass is 499 g/mol. The minimum Gasteiger partial charge on any atom is -0.357 e. The Labute approximate surface area is 217 Å². The average Bonchev–Trinajstić information content (AvgIpc) is 2.89. The molecule has 9 heteroatoms. The molecule has 0 radical (unpaired) electrons. The van der Waals surface area contributed by atoms with Crippen LogP contribution in [-0.4, -0.2) is 48.5 Å². The number of carbonyl (C=O) groups is 2. The molecule has 0 bridgehead atoms. The fourth-order valence-electron chi connectivity index (χ4n) is 4.51. The van der Waals surface area contributed by atoms with Crippen molar-refractivity contribution in [2.75, 3.05) is 41.3 Å². The molecule has 4 heterocycles. The lowest BCUT2D eigenvalue weighted by atomic mass is 10.00. The number of aryl methyl sites for hydroxylation is 1. The maximum Gasteiger partial charge on any atom is 0.257 e. The van der Waals surface area contributed by atoms with Crippen LogP contribution in [0.15, 0.2) is 48.3 Å². The molecule has 0 spiro atoms. The molecule has 2 fully saturated rings. The third-order valence-electron chi connectivity index (χ3n) is 6.62. The molecule has 37 heavy (non-hydrogen) atoms. The standard InChI is InChI=1S/C28H33N7O2/c1-3-4-8-22(15-30-19-36)28(37)32-24-13-25(20(2)31-16-24)23-11-26(34-9-6-5-7-10-34)33-27(12-23)35-17-21(14-29)18-35/h4,8,11-13,15-16,19,21H,3,5-7,9-10,17-18H2,1-2H3,(H,30,36)(H,32,37)/b8-4-,22-15+. The number of hydrogen-bond acceptors (Lipinski definition) is 7. The van der Waals surface area contributed by atoms with E-state index in [0.717, 1.165) is 60.8 Å². The summed E-state index contributed by atoms with van der Waals surface area (Å²) < 4.78 is 0. The zero-order valence-electron chi connectivity index (χ0n) is 21.4. The topological polar surface area (TPSA) is 114 Å². The second-order valence-electron chi connectivity index (χ2n) is 9.36. The molecule has 192 valence electrons. The second-order valence-corrected chi connectivity index (χ2v) is 9.36. The Morgan fingerprint density at radius 1 is 1.16 bits per heavy atom. The number of amides is 2. The van der Waals surface area contributed by atoms with E-state index in [1.54, 1.807) is 12.3 Å². The summed E-state index contributed by atoms with van der Waals surface area (Å²) in [5.41, 5.74) is 3.59. The molecule has 2 saturated heterocycles. The van der Waals surface area contributed by atoms with Gasteiger partial charge >= 0.3 is 0 Å². The molecule has 0 saturated carbocycles. The molecular weight excluding hydrogens is 466 g/mol. The molecule has 2 aliphatic rings. The first-order chi connectivity index (χ1) is 18.0. The van der Waals surface area contributed by atoms with Gasteiger partial charge in [0.2, 0.25) is 6.41 Å². The lowest BCUT2D eigenvalue weighted by Gasteiger charge is -2.37. The molecule has 0 unspecified atom stereocenters. The molecule has 0 atom stereocenters. The number of allylic oxidation sites excluding steroid dienone is 1. The van der Waals surface area contributed by atoms with E-state index in [9.17, 15) is 14.9 Å². The summed E-state index contributed by atoms with van der Waals surface area (Å²) >= 11 is 0. The fourth-order valence-corrected chi connectivity index (χ4v) is 4.51. The smallest absolute Gasteiger partial charge is 0.257 e. The molecule has 2 amide bonds. The van der Waals surface area contributed by atoms with Crippen molar-refractivity contribution in [3.05, 3.63) is 54.0 Å². The Morgan fingerprint density at radius 3 is 2.57 bits per heavy atom. The third-order valence-corrected chi connectivity index (χ3v) is 6.62. The second kappa shape index (κ2) is 12.2. The number of pyridine rings is 2. The van der Waals surface area contributed by atoms with Crippen molar-refractivity contribution in [3.63, 3.8) is 0 Å². The maximum absolute atomic E-state index is 12.9. The van der Waals surface area contributed by atoms with E-state index in [1.807, 2.05) is 32.1 Å². The highest BCUT2D eigenvalue weighted by molar-refractivity contribution is 6.06. The predicted octanol–water partition coefficient (Wildman–Crippen LogP) is 3.94. The summed E-state index contributed by atoms with van der Waals surface area (Å²) in [6.45, 7) is 7.21. The van der Waals surface area contributed by atoms with Crippen LogP contribution in [0.2, 0.25) is 0 Å². The van der Waals surface area contributed by atoms with Gasteiger partial charge in [-0.05, 0) is 56.4 Å². The van der Waals surface area contributed by atoms with Crippen molar-refractivity contribution in [2.24, 2.45) is 5.92 Å². The van der Waals surface area contributed by atoms with Crippen LogP contribution in [0.3, 0.4) is 0 Å². The zero-order chi connectivity index (χ0) is 26.2. The quantitative estimate of drug-likeness (QED) is 0.305. The van der Waals surface area contributed by atoms with E-state index in [1.165, 1.54) is 12.6 Å². The number of carbonyl (C=O) groups excluding carboxylic acids is 2. The summed E-state index contributed by atoms with van der Waals surface area (Å²) in [5.74, 6) is 1.47. The van der Waals surface area contributed by atoms with E-state index >= 15 is 0 Å². The van der Waals surface area contributed by atoms with Gasteiger partial charge < -0.3 is 20.4 Å². The largest absolute Gasteiger partial charge is 0.357 e. The van der Waals surface area contributed by atoms with Gasteiger partial charge in [0.05, 0.1) is 29.4 Å². The van der Waals surface area contributed by atoms with Gasteiger partial charge in [0.25, 0.3) is 5.91 Å². The van der Waals surface area contributed by atoms with Gasteiger partial charge in [-0.2, -0.15) is 5.26 Å². The third kappa shape index (κ3) is 6.33. The van der Waals surface area contributed by atoms with Gasteiger partial charge in [-0.25, -0.2) is 4.98 Å². The van der Waals surface area contributed by atoms with Crippen LogP contribution in [0.25, 0.3) is 11.1 Å². The van der Waals surface area contributed by atoms with Gasteiger partial charge in [-0.3, -0.25) is 14.6 Å². The number of nitrogens with zero attached hydrogens (tertiary/aromatic N) is 5. The van der Waals surface area contributed by atoms with Crippen LogP contribution >= 0.6 is 0 Å². The number of rotatable bonds is 9. The van der Waals surface area contributed by atoms with Gasteiger partial charge in [-0.15, -0.1) is 0 Å². The summed E-state index contributed by atoms with van der Waals surface area (Å²) in [6, 6.07) is 8.38. The Hall–Kier alpha value is -4.19. The number of nitriles is 1. The first-order valence-corrected chi connectivity index (χ1v) is 12.8. The highest BCUT2D eigenvalue weighted by Gasteiger charge is 2.29. The van der Waals surface area contributed by atoms with Crippen molar-refractivity contribution in [1.29, 1.82) is 5.26 Å². The van der Waals surface area contributed by atoms with E-state index in [-0.39, 0.29) is 11.8 Å². The first kappa shape index (κ1) is 25.9. The van der Waals surface area contributed by atoms with Crippen LogP contribution in [0.1, 0.15) is 38.3 Å². The van der Waals surface area contributed by atoms with Gasteiger partial charge in [0.15, 0.2) is 0 Å². The number of nitrogens with one attached hydrogen (secondary N) is 2. The van der Waals surface area contributed by atoms with E-state index in [2.05, 4.69) is 37.6 Å². The molecule has 0 aromatic carbocycles. The molecule has 2 aromatic rings. The van der Waals surface area contributed by atoms with Gasteiger partial charge in [-0.1, -0.05) is 19.1 Å². The Bertz CT molecular complexity index is 1240. The van der Waals surface area contributed by atoms with Crippen LogP contribution in [-0.2, 0) is 9.59 Å². The average molecular weight is 500 g/mol. The van der Waals surface area contributed by atoms with Crippen molar-refractivity contribution in [1.82, 2.24) is 15.3 Å². The van der Waals surface area contributed by atoms with Crippen molar-refractivity contribution in [2.45, 2.75) is 39.5 Å². The number of aromatic nitrogens is 2. The molecule has 9 nitrogen and oxygen atoms in total. The lowest BCUT2D eigenvalue weighted by Crippen LogP contribution is -2.46. The summed E-state index contributed by atoms with van der Waals surface area (Å²) in [5, 5.41) is 14.6. The fraction of sp³-hybridized carbons (Fsp3) is 0.393. The van der Waals surface area contributed by atoms with Crippen LogP contribution < -0.4 is 20.4 Å². The van der Waals surface area contributed by atoms with Crippen molar-refractivity contribution in [3.8, 4) is 17.2 Å². The van der Waals surface area contributed by atoms with Crippen LogP contribution in [0, 0.1) is 24.2 Å². The van der Waals surface area contributed by atoms with Crippen LogP contribution in [0.4, 0.5) is 17.3 Å². The molecule has 2 aliphatic heterocycles. The van der Waals surface area contributed by atoms with E-state index in [4.69, 9.17) is 4.98 Å². The van der Waals surface area contributed by atoms with Crippen molar-refractivity contribution < 1.29 is 9.59 Å². The number of piperidine rings is 1. The highest BCUT2D eigenvalue weighted by atomic mass is 16.2. The van der Waals surface area contributed by atoms with E-state index in [0.29, 0.717) is 30.8 Å². The summed E-state index contributed by atoms with van der Waals surface area (Å²) in [6.07, 6.45) is 11.3. The molecule has 2 aromatic heterocycles. The summed E-state index contributed by atoms with van der Waals surface area (Å²) in [7, 11) is 0. The molecule has 2 N–H and O–H groups in total.